The zero-order chi connectivity index (χ0) is 22.0. The first-order valence-corrected chi connectivity index (χ1v) is 11.2. The van der Waals surface area contributed by atoms with Crippen LogP contribution in [0.25, 0.3) is 11.0 Å². The lowest BCUT2D eigenvalue weighted by atomic mass is 10.0. The number of fused-ring (bicyclic) bond motifs is 1. The zero-order valence-electron chi connectivity index (χ0n) is 17.2. The van der Waals surface area contributed by atoms with Crippen molar-refractivity contribution in [1.29, 1.82) is 0 Å². The Morgan fingerprint density at radius 2 is 1.58 bits per heavy atom. The van der Waals surface area contributed by atoms with Crippen LogP contribution >= 0.6 is 23.4 Å². The number of hydrogen-bond donors (Lipinski definition) is 1. The highest BCUT2D eigenvalue weighted by atomic mass is 35.5. The molecule has 1 aromatic heterocycles. The summed E-state index contributed by atoms with van der Waals surface area (Å²) in [6.07, 6.45) is 0. The molecule has 0 aliphatic carbocycles. The topological polar surface area (TPSA) is 56.0 Å². The van der Waals surface area contributed by atoms with Crippen molar-refractivity contribution in [1.82, 2.24) is 9.13 Å². The van der Waals surface area contributed by atoms with Gasteiger partial charge in [-0.1, -0.05) is 54.1 Å². The summed E-state index contributed by atoms with van der Waals surface area (Å²) in [4.78, 5) is 24.8. The van der Waals surface area contributed by atoms with Gasteiger partial charge in [-0.3, -0.25) is 13.9 Å². The van der Waals surface area contributed by atoms with Gasteiger partial charge in [-0.15, -0.1) is 11.8 Å². The van der Waals surface area contributed by atoms with E-state index in [9.17, 15) is 9.59 Å². The number of anilines is 1. The predicted molar refractivity (Wildman–Crippen MR) is 129 cm³/mol. The Morgan fingerprint density at radius 1 is 0.935 bits per heavy atom. The highest BCUT2D eigenvalue weighted by Crippen LogP contribution is 2.36. The number of hydrogen-bond acceptors (Lipinski definition) is 3. The molecule has 4 aromatic rings. The average molecular weight is 452 g/mol. The minimum atomic E-state index is -0.0971. The molecule has 5 nitrogen and oxygen atoms in total. The second-order valence-corrected chi connectivity index (χ2v) is 8.84. The van der Waals surface area contributed by atoms with Crippen LogP contribution in [0.4, 0.5) is 5.69 Å². The number of imidazole rings is 1. The van der Waals surface area contributed by atoms with Crippen LogP contribution < -0.4 is 11.0 Å². The van der Waals surface area contributed by atoms with Crippen molar-refractivity contribution in [2.24, 2.45) is 14.1 Å². The van der Waals surface area contributed by atoms with E-state index in [4.69, 9.17) is 11.6 Å². The summed E-state index contributed by atoms with van der Waals surface area (Å²) in [6, 6.07) is 23.3. The molecule has 1 atom stereocenters. The summed E-state index contributed by atoms with van der Waals surface area (Å²) in [5.74, 6) is 0.189. The average Bonchev–Trinajstić information content (AvgIpc) is 2.99. The van der Waals surface area contributed by atoms with Gasteiger partial charge in [0.25, 0.3) is 0 Å². The van der Waals surface area contributed by atoms with E-state index < -0.39 is 0 Å². The second kappa shape index (κ2) is 9.04. The first kappa shape index (κ1) is 21.3. The molecule has 0 bridgehead atoms. The van der Waals surface area contributed by atoms with E-state index in [-0.39, 0.29) is 22.6 Å². The van der Waals surface area contributed by atoms with E-state index in [2.05, 4.69) is 17.4 Å². The molecular weight excluding hydrogens is 430 g/mol. The summed E-state index contributed by atoms with van der Waals surface area (Å²) in [6.45, 7) is 0. The van der Waals surface area contributed by atoms with Crippen molar-refractivity contribution in [3.05, 3.63) is 99.4 Å². The fourth-order valence-corrected chi connectivity index (χ4v) is 4.81. The fourth-order valence-electron chi connectivity index (χ4n) is 3.59. The van der Waals surface area contributed by atoms with Gasteiger partial charge in [-0.05, 0) is 41.5 Å². The third-order valence-electron chi connectivity index (χ3n) is 5.21. The van der Waals surface area contributed by atoms with Crippen LogP contribution in [-0.4, -0.2) is 20.8 Å². The Hall–Kier alpha value is -2.96. The number of aromatic nitrogens is 2. The van der Waals surface area contributed by atoms with Gasteiger partial charge in [0.1, 0.15) is 0 Å². The number of nitrogens with one attached hydrogen (secondary N) is 1. The molecule has 31 heavy (non-hydrogen) atoms. The van der Waals surface area contributed by atoms with Gasteiger partial charge in [-0.2, -0.15) is 0 Å². The Bertz CT molecular complexity index is 1280. The van der Waals surface area contributed by atoms with E-state index in [1.54, 1.807) is 35.0 Å². The maximum atomic E-state index is 12.7. The van der Waals surface area contributed by atoms with Crippen molar-refractivity contribution in [3.63, 3.8) is 0 Å². The maximum absolute atomic E-state index is 12.7. The minimum Gasteiger partial charge on any atom is -0.325 e. The van der Waals surface area contributed by atoms with Crippen LogP contribution in [-0.2, 0) is 18.9 Å². The lowest BCUT2D eigenvalue weighted by Gasteiger charge is -2.18. The number of benzene rings is 3. The fraction of sp³-hybridized carbons (Fsp3) is 0.167. The molecular formula is C24H22ClN3O2S. The predicted octanol–water partition coefficient (Wildman–Crippen LogP) is 4.99. The van der Waals surface area contributed by atoms with E-state index in [0.717, 1.165) is 22.2 Å². The summed E-state index contributed by atoms with van der Waals surface area (Å²) in [5, 5.41) is 3.65. The van der Waals surface area contributed by atoms with Crippen LogP contribution in [0.1, 0.15) is 16.4 Å². The molecule has 1 unspecified atom stereocenters. The van der Waals surface area contributed by atoms with Crippen LogP contribution in [0.15, 0.2) is 77.6 Å². The van der Waals surface area contributed by atoms with Gasteiger partial charge in [-0.25, -0.2) is 4.79 Å². The number of carbonyl (C=O) groups is 1. The highest BCUT2D eigenvalue weighted by molar-refractivity contribution is 8.00. The van der Waals surface area contributed by atoms with Crippen molar-refractivity contribution < 1.29 is 4.79 Å². The van der Waals surface area contributed by atoms with E-state index in [0.29, 0.717) is 10.7 Å². The molecule has 0 spiro atoms. The van der Waals surface area contributed by atoms with Gasteiger partial charge < -0.3 is 5.32 Å². The van der Waals surface area contributed by atoms with Gasteiger partial charge in [0.2, 0.25) is 5.91 Å². The largest absolute Gasteiger partial charge is 0.328 e. The number of thioether (sulfide) groups is 1. The summed E-state index contributed by atoms with van der Waals surface area (Å²) in [7, 11) is 3.46. The zero-order valence-corrected chi connectivity index (χ0v) is 18.8. The quantitative estimate of drug-likeness (QED) is 0.449. The normalized spacial score (nSPS) is 12.1. The standard InChI is InChI=1S/C24H22ClN3O2S/c1-27-20-13-12-19(14-21(20)28(2)24(27)30)26-22(29)15-31-23(16-6-4-3-5-7-16)17-8-10-18(25)11-9-17/h3-14,23H,15H2,1-2H3,(H,26,29). The smallest absolute Gasteiger partial charge is 0.325 e. The summed E-state index contributed by atoms with van der Waals surface area (Å²) in [5.41, 5.74) is 4.40. The molecule has 1 amide bonds. The molecule has 0 saturated carbocycles. The van der Waals surface area contributed by atoms with Crippen molar-refractivity contribution in [2.75, 3.05) is 11.1 Å². The van der Waals surface area contributed by atoms with E-state index in [1.165, 1.54) is 0 Å². The molecule has 3 aromatic carbocycles. The number of aryl methyl sites for hydroxylation is 2. The molecule has 4 rings (SSSR count). The molecule has 1 heterocycles. The molecule has 0 saturated heterocycles. The summed E-state index contributed by atoms with van der Waals surface area (Å²) < 4.78 is 3.17. The molecule has 1 N–H and O–H groups in total. The van der Waals surface area contributed by atoms with Gasteiger partial charge in [0.05, 0.1) is 22.0 Å². The maximum Gasteiger partial charge on any atom is 0.328 e. The molecule has 0 aliphatic rings. The second-order valence-electron chi connectivity index (χ2n) is 7.31. The Labute approximate surface area is 189 Å². The first-order valence-electron chi connectivity index (χ1n) is 9.81. The van der Waals surface area contributed by atoms with Crippen LogP contribution in [0.5, 0.6) is 0 Å². The van der Waals surface area contributed by atoms with Crippen LogP contribution in [0, 0.1) is 0 Å². The van der Waals surface area contributed by atoms with Gasteiger partial charge >= 0.3 is 5.69 Å². The third kappa shape index (κ3) is 4.55. The SMILES string of the molecule is Cn1c(=O)n(C)c2cc(NC(=O)CSC(c3ccccc3)c3ccc(Cl)cc3)ccc21. The monoisotopic (exact) mass is 451 g/mol. The molecule has 158 valence electrons. The minimum absolute atomic E-state index is 0.0154. The van der Waals surface area contributed by atoms with Gasteiger partial charge in [0.15, 0.2) is 0 Å². The summed E-state index contributed by atoms with van der Waals surface area (Å²) >= 11 is 7.61. The van der Waals surface area contributed by atoms with Crippen molar-refractivity contribution >= 4 is 46.0 Å². The number of amides is 1. The first-order chi connectivity index (χ1) is 14.9. The van der Waals surface area contributed by atoms with Crippen LogP contribution in [0.2, 0.25) is 5.02 Å². The van der Waals surface area contributed by atoms with E-state index in [1.807, 2.05) is 60.7 Å². The van der Waals surface area contributed by atoms with Gasteiger partial charge in [0, 0.05) is 24.8 Å². The molecule has 0 radical (unpaired) electrons. The Balaban J connectivity index is 1.50. The van der Waals surface area contributed by atoms with Crippen LogP contribution in [0.3, 0.4) is 0 Å². The molecule has 7 heteroatoms. The Kier molecular flexibility index (Phi) is 6.20. The number of nitrogens with zero attached hydrogens (tertiary/aromatic N) is 2. The lowest BCUT2D eigenvalue weighted by Crippen LogP contribution is -2.19. The molecule has 0 fully saturated rings. The third-order valence-corrected chi connectivity index (χ3v) is 6.77. The van der Waals surface area contributed by atoms with Crippen molar-refractivity contribution in [3.8, 4) is 0 Å². The van der Waals surface area contributed by atoms with E-state index >= 15 is 0 Å². The lowest BCUT2D eigenvalue weighted by molar-refractivity contribution is -0.113. The highest BCUT2D eigenvalue weighted by Gasteiger charge is 2.17. The molecule has 0 aliphatic heterocycles. The number of halogens is 1. The van der Waals surface area contributed by atoms with Crippen molar-refractivity contribution in [2.45, 2.75) is 5.25 Å². The number of rotatable bonds is 6. The Morgan fingerprint density at radius 3 is 2.29 bits per heavy atom. The number of carbonyl (C=O) groups excluding carboxylic acids is 1.